The molecule has 1 amide bonds. The summed E-state index contributed by atoms with van der Waals surface area (Å²) in [4.78, 5) is 17.0. The van der Waals surface area contributed by atoms with Crippen molar-refractivity contribution in [1.29, 1.82) is 0 Å². The molecule has 1 atom stereocenters. The van der Waals surface area contributed by atoms with Crippen LogP contribution in [0.5, 0.6) is 0 Å². The molecule has 2 aromatic carbocycles. The molecule has 6 nitrogen and oxygen atoms in total. The molecule has 0 saturated heterocycles. The van der Waals surface area contributed by atoms with Crippen molar-refractivity contribution in [2.24, 2.45) is 0 Å². The number of nitrogens with zero attached hydrogens (tertiary/aromatic N) is 4. The molecule has 0 aliphatic rings. The van der Waals surface area contributed by atoms with Gasteiger partial charge in [0, 0.05) is 23.6 Å². The van der Waals surface area contributed by atoms with Gasteiger partial charge in [0.05, 0.1) is 11.8 Å². The molecule has 0 fully saturated rings. The minimum absolute atomic E-state index is 0.0722. The van der Waals surface area contributed by atoms with E-state index >= 15 is 0 Å². The molecule has 1 N–H and O–H groups in total. The van der Waals surface area contributed by atoms with Gasteiger partial charge in [-0.25, -0.2) is 0 Å². The maximum absolute atomic E-state index is 12.9. The molecule has 2 heterocycles. The summed E-state index contributed by atoms with van der Waals surface area (Å²) >= 11 is 1.40. The van der Waals surface area contributed by atoms with Crippen LogP contribution in [0.2, 0.25) is 0 Å². The fraction of sp³-hybridized carbons (Fsp3) is 0.231. The molecule has 4 aromatic rings. The summed E-state index contributed by atoms with van der Waals surface area (Å²) in [6.07, 6.45) is 3.48. The summed E-state index contributed by atoms with van der Waals surface area (Å²) in [6, 6.07) is 22.0. The molecule has 0 aliphatic carbocycles. The van der Waals surface area contributed by atoms with Gasteiger partial charge in [-0.2, -0.15) is 0 Å². The summed E-state index contributed by atoms with van der Waals surface area (Å²) in [7, 11) is 0. The number of thioether (sulfide) groups is 1. The molecule has 0 bridgehead atoms. The first kappa shape index (κ1) is 22.7. The van der Waals surface area contributed by atoms with Gasteiger partial charge in [-0.1, -0.05) is 68.1 Å². The van der Waals surface area contributed by atoms with E-state index in [-0.39, 0.29) is 11.2 Å². The van der Waals surface area contributed by atoms with E-state index in [1.807, 2.05) is 49.4 Å². The average molecular weight is 458 g/mol. The Morgan fingerprint density at radius 2 is 1.64 bits per heavy atom. The van der Waals surface area contributed by atoms with Crippen LogP contribution in [0.1, 0.15) is 37.8 Å². The van der Waals surface area contributed by atoms with E-state index in [2.05, 4.69) is 63.2 Å². The summed E-state index contributed by atoms with van der Waals surface area (Å²) in [5.74, 6) is 1.13. The standard InChI is InChI=1S/C26H27N5OS/c1-18(2)21-9-11-23(12-10-21)28-25(32)19(3)33-26-30-29-24(22-13-15-27-16-14-22)31(26)17-20-7-5-4-6-8-20/h4-16,18-19H,17H2,1-3H3,(H,28,32). The van der Waals surface area contributed by atoms with Crippen LogP contribution in [0.3, 0.4) is 0 Å². The van der Waals surface area contributed by atoms with Crippen molar-refractivity contribution in [3.8, 4) is 11.4 Å². The lowest BCUT2D eigenvalue weighted by atomic mass is 10.0. The summed E-state index contributed by atoms with van der Waals surface area (Å²) in [6.45, 7) is 6.80. The third-order valence-electron chi connectivity index (χ3n) is 5.34. The molecule has 0 radical (unpaired) electrons. The van der Waals surface area contributed by atoms with Crippen LogP contribution in [0.15, 0.2) is 84.3 Å². The van der Waals surface area contributed by atoms with Crippen molar-refractivity contribution in [2.45, 2.75) is 43.6 Å². The average Bonchev–Trinajstić information content (AvgIpc) is 3.22. The predicted molar refractivity (Wildman–Crippen MR) is 133 cm³/mol. The summed E-state index contributed by atoms with van der Waals surface area (Å²) in [5, 5.41) is 12.2. The molecule has 168 valence electrons. The number of nitrogens with one attached hydrogen (secondary N) is 1. The number of carbonyl (C=O) groups is 1. The van der Waals surface area contributed by atoms with Crippen LogP contribution in [0.4, 0.5) is 5.69 Å². The molecule has 7 heteroatoms. The van der Waals surface area contributed by atoms with Crippen molar-refractivity contribution in [3.63, 3.8) is 0 Å². The number of anilines is 1. The normalized spacial score (nSPS) is 12.0. The van der Waals surface area contributed by atoms with Crippen LogP contribution >= 0.6 is 11.8 Å². The van der Waals surface area contributed by atoms with Crippen LogP contribution in [-0.4, -0.2) is 30.9 Å². The molecule has 1 unspecified atom stereocenters. The Morgan fingerprint density at radius 1 is 0.939 bits per heavy atom. The zero-order valence-electron chi connectivity index (χ0n) is 19.0. The SMILES string of the molecule is CC(Sc1nnc(-c2ccncc2)n1Cc1ccccc1)C(=O)Nc1ccc(C(C)C)cc1. The lowest BCUT2D eigenvalue weighted by Crippen LogP contribution is -2.23. The number of benzene rings is 2. The molecular formula is C26H27N5OS. The molecule has 0 saturated carbocycles. The van der Waals surface area contributed by atoms with E-state index in [4.69, 9.17) is 0 Å². The molecule has 2 aromatic heterocycles. The Morgan fingerprint density at radius 3 is 2.30 bits per heavy atom. The zero-order chi connectivity index (χ0) is 23.2. The molecule has 0 aliphatic heterocycles. The largest absolute Gasteiger partial charge is 0.325 e. The number of hydrogen-bond acceptors (Lipinski definition) is 5. The Bertz CT molecular complexity index is 1190. The first-order valence-electron chi connectivity index (χ1n) is 11.0. The first-order chi connectivity index (χ1) is 16.0. The Balaban J connectivity index is 1.54. The molecule has 4 rings (SSSR count). The van der Waals surface area contributed by atoms with E-state index in [0.717, 1.165) is 22.6 Å². The van der Waals surface area contributed by atoms with E-state index in [1.165, 1.54) is 17.3 Å². The predicted octanol–water partition coefficient (Wildman–Crippen LogP) is 5.63. The van der Waals surface area contributed by atoms with E-state index < -0.39 is 0 Å². The monoisotopic (exact) mass is 457 g/mol. The highest BCUT2D eigenvalue weighted by Crippen LogP contribution is 2.28. The highest BCUT2D eigenvalue weighted by molar-refractivity contribution is 8.00. The maximum atomic E-state index is 12.9. The van der Waals surface area contributed by atoms with Gasteiger partial charge in [-0.3, -0.25) is 14.3 Å². The second-order valence-corrected chi connectivity index (χ2v) is 9.45. The molecular weight excluding hydrogens is 430 g/mol. The van der Waals surface area contributed by atoms with Gasteiger partial charge >= 0.3 is 0 Å². The van der Waals surface area contributed by atoms with E-state index in [1.54, 1.807) is 12.4 Å². The van der Waals surface area contributed by atoms with Crippen LogP contribution in [0.25, 0.3) is 11.4 Å². The quantitative estimate of drug-likeness (QED) is 0.347. The number of aromatic nitrogens is 4. The van der Waals surface area contributed by atoms with Crippen molar-refractivity contribution in [3.05, 3.63) is 90.3 Å². The number of hydrogen-bond donors (Lipinski definition) is 1. The number of carbonyl (C=O) groups excluding carboxylic acids is 1. The van der Waals surface area contributed by atoms with Crippen LogP contribution in [0, 0.1) is 0 Å². The smallest absolute Gasteiger partial charge is 0.237 e. The maximum Gasteiger partial charge on any atom is 0.237 e. The van der Waals surface area contributed by atoms with Crippen molar-refractivity contribution in [1.82, 2.24) is 19.7 Å². The van der Waals surface area contributed by atoms with E-state index in [9.17, 15) is 4.79 Å². The minimum atomic E-state index is -0.348. The lowest BCUT2D eigenvalue weighted by molar-refractivity contribution is -0.115. The summed E-state index contributed by atoms with van der Waals surface area (Å²) in [5.41, 5.74) is 4.10. The van der Waals surface area contributed by atoms with Gasteiger partial charge in [0.25, 0.3) is 0 Å². The van der Waals surface area contributed by atoms with Gasteiger partial charge in [0.15, 0.2) is 11.0 Å². The highest BCUT2D eigenvalue weighted by Gasteiger charge is 2.21. The summed E-state index contributed by atoms with van der Waals surface area (Å²) < 4.78 is 2.05. The van der Waals surface area contributed by atoms with Crippen LogP contribution in [-0.2, 0) is 11.3 Å². The van der Waals surface area contributed by atoms with Crippen molar-refractivity contribution < 1.29 is 4.79 Å². The fourth-order valence-electron chi connectivity index (χ4n) is 3.41. The van der Waals surface area contributed by atoms with Gasteiger partial charge < -0.3 is 5.32 Å². The third-order valence-corrected chi connectivity index (χ3v) is 6.42. The number of pyridine rings is 1. The highest BCUT2D eigenvalue weighted by atomic mass is 32.2. The zero-order valence-corrected chi connectivity index (χ0v) is 19.8. The van der Waals surface area contributed by atoms with Gasteiger partial charge in [0.1, 0.15) is 0 Å². The second kappa shape index (κ2) is 10.4. The lowest BCUT2D eigenvalue weighted by Gasteiger charge is -2.14. The second-order valence-electron chi connectivity index (χ2n) is 8.14. The Hall–Kier alpha value is -3.45. The van der Waals surface area contributed by atoms with Gasteiger partial charge in [-0.15, -0.1) is 10.2 Å². The number of amides is 1. The fourth-order valence-corrected chi connectivity index (χ4v) is 4.25. The van der Waals surface area contributed by atoms with Crippen molar-refractivity contribution >= 4 is 23.4 Å². The van der Waals surface area contributed by atoms with Gasteiger partial charge in [-0.05, 0) is 48.2 Å². The number of rotatable bonds is 8. The Kier molecular flexibility index (Phi) is 7.19. The van der Waals surface area contributed by atoms with Crippen LogP contribution < -0.4 is 5.32 Å². The first-order valence-corrected chi connectivity index (χ1v) is 11.8. The van der Waals surface area contributed by atoms with Crippen molar-refractivity contribution in [2.75, 3.05) is 5.32 Å². The van der Waals surface area contributed by atoms with Gasteiger partial charge in [0.2, 0.25) is 5.91 Å². The Labute approximate surface area is 198 Å². The topological polar surface area (TPSA) is 72.7 Å². The minimum Gasteiger partial charge on any atom is -0.325 e. The third kappa shape index (κ3) is 5.68. The van der Waals surface area contributed by atoms with E-state index in [0.29, 0.717) is 17.6 Å². The molecule has 33 heavy (non-hydrogen) atoms. The molecule has 0 spiro atoms.